The Labute approximate surface area is 109 Å². The molecule has 0 amide bonds. The summed E-state index contributed by atoms with van der Waals surface area (Å²) < 4.78 is 0. The minimum Gasteiger partial charge on any atom is -0.508 e. The lowest BCUT2D eigenvalue weighted by Crippen LogP contribution is -2.32. The van der Waals surface area contributed by atoms with E-state index in [1.54, 1.807) is 12.1 Å². The van der Waals surface area contributed by atoms with Crippen molar-refractivity contribution in [1.82, 2.24) is 15.0 Å². The normalized spacial score (nSPS) is 14.2. The second-order valence-corrected chi connectivity index (χ2v) is 4.48. The quantitative estimate of drug-likeness (QED) is 0.674. The average molecular weight is 258 g/mol. The first kappa shape index (κ1) is 11.5. The van der Waals surface area contributed by atoms with Crippen molar-refractivity contribution in [3.8, 4) is 5.75 Å². The van der Waals surface area contributed by atoms with E-state index >= 15 is 0 Å². The van der Waals surface area contributed by atoms with Gasteiger partial charge in [0.15, 0.2) is 0 Å². The highest BCUT2D eigenvalue weighted by atomic mass is 16.3. The van der Waals surface area contributed by atoms with Crippen LogP contribution in [0.2, 0.25) is 0 Å². The molecule has 0 atom stereocenters. The van der Waals surface area contributed by atoms with Crippen LogP contribution in [0, 0.1) is 0 Å². The van der Waals surface area contributed by atoms with E-state index in [0.29, 0.717) is 12.5 Å². The van der Waals surface area contributed by atoms with E-state index in [1.165, 1.54) is 5.56 Å². The van der Waals surface area contributed by atoms with Crippen LogP contribution in [-0.4, -0.2) is 26.6 Å². The molecule has 1 aromatic carbocycles. The number of anilines is 3. The minimum absolute atomic E-state index is 0.115. The smallest absolute Gasteiger partial charge is 0.232 e. The van der Waals surface area contributed by atoms with E-state index in [2.05, 4.69) is 15.0 Å². The number of benzene rings is 1. The Morgan fingerprint density at radius 1 is 1.05 bits per heavy atom. The molecule has 2 aromatic rings. The Balaban J connectivity index is 1.92. The van der Waals surface area contributed by atoms with Crippen LogP contribution in [0.25, 0.3) is 0 Å². The third-order valence-electron chi connectivity index (χ3n) is 3.14. The molecule has 1 aliphatic rings. The molecule has 0 fully saturated rings. The van der Waals surface area contributed by atoms with E-state index in [-0.39, 0.29) is 17.6 Å². The summed E-state index contributed by atoms with van der Waals surface area (Å²) in [7, 11) is 0. The Morgan fingerprint density at radius 2 is 1.79 bits per heavy atom. The fourth-order valence-electron chi connectivity index (χ4n) is 2.25. The molecule has 0 saturated heterocycles. The first-order valence-electron chi connectivity index (χ1n) is 5.94. The van der Waals surface area contributed by atoms with Crippen LogP contribution in [0.5, 0.6) is 5.75 Å². The molecule has 0 unspecified atom stereocenters. The van der Waals surface area contributed by atoms with Gasteiger partial charge in [0.05, 0.1) is 0 Å². The van der Waals surface area contributed by atoms with Gasteiger partial charge in [-0.2, -0.15) is 15.0 Å². The predicted octanol–water partition coefficient (Wildman–Crippen LogP) is 0.304. The Kier molecular flexibility index (Phi) is 2.59. The van der Waals surface area contributed by atoms with Crippen LogP contribution >= 0.6 is 0 Å². The SMILES string of the molecule is Nc1nc(N)nc(N2CCc3ccc(O)cc3C2)n1. The maximum Gasteiger partial charge on any atom is 0.232 e. The molecule has 1 aliphatic heterocycles. The van der Waals surface area contributed by atoms with Crippen molar-refractivity contribution in [2.24, 2.45) is 0 Å². The lowest BCUT2D eigenvalue weighted by atomic mass is 10.00. The highest BCUT2D eigenvalue weighted by molar-refractivity contribution is 5.45. The van der Waals surface area contributed by atoms with Crippen molar-refractivity contribution in [3.05, 3.63) is 29.3 Å². The summed E-state index contributed by atoms with van der Waals surface area (Å²) >= 11 is 0. The van der Waals surface area contributed by atoms with Gasteiger partial charge in [-0.3, -0.25) is 0 Å². The molecule has 1 aromatic heterocycles. The molecule has 7 nitrogen and oxygen atoms in total. The van der Waals surface area contributed by atoms with Gasteiger partial charge in [-0.1, -0.05) is 6.07 Å². The number of hydrogen-bond acceptors (Lipinski definition) is 7. The number of fused-ring (bicyclic) bond motifs is 1. The van der Waals surface area contributed by atoms with Gasteiger partial charge in [-0.25, -0.2) is 0 Å². The second-order valence-electron chi connectivity index (χ2n) is 4.48. The third-order valence-corrected chi connectivity index (χ3v) is 3.14. The number of hydrogen-bond donors (Lipinski definition) is 3. The van der Waals surface area contributed by atoms with Gasteiger partial charge in [0.25, 0.3) is 0 Å². The van der Waals surface area contributed by atoms with Crippen molar-refractivity contribution < 1.29 is 5.11 Å². The van der Waals surface area contributed by atoms with E-state index in [0.717, 1.165) is 18.5 Å². The van der Waals surface area contributed by atoms with Crippen molar-refractivity contribution in [3.63, 3.8) is 0 Å². The van der Waals surface area contributed by atoms with Crippen LogP contribution in [0.3, 0.4) is 0 Å². The van der Waals surface area contributed by atoms with Crippen LogP contribution in [0.15, 0.2) is 18.2 Å². The number of nitrogen functional groups attached to an aromatic ring is 2. The first-order valence-corrected chi connectivity index (χ1v) is 5.94. The molecule has 0 radical (unpaired) electrons. The fraction of sp³-hybridized carbons (Fsp3) is 0.250. The van der Waals surface area contributed by atoms with E-state index in [4.69, 9.17) is 11.5 Å². The van der Waals surface area contributed by atoms with Crippen LogP contribution in [-0.2, 0) is 13.0 Å². The monoisotopic (exact) mass is 258 g/mol. The van der Waals surface area contributed by atoms with Crippen molar-refractivity contribution in [2.45, 2.75) is 13.0 Å². The number of aromatic hydroxyl groups is 1. The molecule has 3 rings (SSSR count). The molecular weight excluding hydrogens is 244 g/mol. The number of nitrogens with zero attached hydrogens (tertiary/aromatic N) is 4. The zero-order valence-corrected chi connectivity index (χ0v) is 10.2. The second kappa shape index (κ2) is 4.27. The molecule has 2 heterocycles. The van der Waals surface area contributed by atoms with Crippen molar-refractivity contribution in [1.29, 1.82) is 0 Å². The number of nitrogens with two attached hydrogens (primary N) is 2. The maximum absolute atomic E-state index is 9.53. The topological polar surface area (TPSA) is 114 Å². The minimum atomic E-state index is 0.115. The first-order chi connectivity index (χ1) is 9.11. The van der Waals surface area contributed by atoms with Gasteiger partial charge < -0.3 is 21.5 Å². The van der Waals surface area contributed by atoms with Gasteiger partial charge in [-0.05, 0) is 29.7 Å². The molecular formula is C12H14N6O. The maximum atomic E-state index is 9.53. The number of aromatic nitrogens is 3. The van der Waals surface area contributed by atoms with Crippen LogP contribution in [0.4, 0.5) is 17.8 Å². The highest BCUT2D eigenvalue weighted by Crippen LogP contribution is 2.25. The lowest BCUT2D eigenvalue weighted by Gasteiger charge is -2.28. The molecule has 5 N–H and O–H groups in total. The Bertz CT molecular complexity index is 609. The summed E-state index contributed by atoms with van der Waals surface area (Å²) in [5.74, 6) is 0.961. The number of phenols is 1. The molecule has 0 aliphatic carbocycles. The summed E-state index contributed by atoms with van der Waals surface area (Å²) in [6, 6.07) is 5.40. The number of phenolic OH excluding ortho intramolecular Hbond substituents is 1. The van der Waals surface area contributed by atoms with Gasteiger partial charge in [0.1, 0.15) is 5.75 Å². The summed E-state index contributed by atoms with van der Waals surface area (Å²) in [4.78, 5) is 13.9. The zero-order valence-electron chi connectivity index (χ0n) is 10.2. The van der Waals surface area contributed by atoms with Crippen molar-refractivity contribution in [2.75, 3.05) is 22.9 Å². The van der Waals surface area contributed by atoms with E-state index < -0.39 is 0 Å². The lowest BCUT2D eigenvalue weighted by molar-refractivity contribution is 0.473. The third kappa shape index (κ3) is 2.22. The summed E-state index contributed by atoms with van der Waals surface area (Å²) in [5.41, 5.74) is 13.4. The van der Waals surface area contributed by atoms with Gasteiger partial charge >= 0.3 is 0 Å². The molecule has 0 bridgehead atoms. The largest absolute Gasteiger partial charge is 0.508 e. The Hall–Kier alpha value is -2.57. The van der Waals surface area contributed by atoms with Crippen molar-refractivity contribution >= 4 is 17.8 Å². The molecule has 19 heavy (non-hydrogen) atoms. The molecule has 0 saturated carbocycles. The van der Waals surface area contributed by atoms with Gasteiger partial charge in [-0.15, -0.1) is 0 Å². The van der Waals surface area contributed by atoms with E-state index in [9.17, 15) is 5.11 Å². The van der Waals surface area contributed by atoms with E-state index in [1.807, 2.05) is 11.0 Å². The van der Waals surface area contributed by atoms with Gasteiger partial charge in [0.2, 0.25) is 17.8 Å². The zero-order chi connectivity index (χ0) is 13.4. The summed E-state index contributed by atoms with van der Waals surface area (Å²) in [6.07, 6.45) is 0.862. The van der Waals surface area contributed by atoms with Crippen LogP contribution < -0.4 is 16.4 Å². The number of rotatable bonds is 1. The average Bonchev–Trinajstić information content (AvgIpc) is 2.36. The Morgan fingerprint density at radius 3 is 2.53 bits per heavy atom. The molecule has 0 spiro atoms. The molecule has 7 heteroatoms. The summed E-state index contributed by atoms with van der Waals surface area (Å²) in [5, 5.41) is 9.53. The van der Waals surface area contributed by atoms with Gasteiger partial charge in [0, 0.05) is 13.1 Å². The summed E-state index contributed by atoms with van der Waals surface area (Å²) in [6.45, 7) is 1.40. The predicted molar refractivity (Wildman–Crippen MR) is 71.5 cm³/mol. The fourth-order valence-corrected chi connectivity index (χ4v) is 2.25. The molecule has 98 valence electrons. The van der Waals surface area contributed by atoms with Crippen LogP contribution in [0.1, 0.15) is 11.1 Å². The standard InChI is InChI=1S/C12H14N6O/c13-10-15-11(14)17-12(16-10)18-4-3-7-1-2-9(19)5-8(7)6-18/h1-2,5,19H,3-4,6H2,(H4,13,14,15,16,17). The highest BCUT2D eigenvalue weighted by Gasteiger charge is 2.19.